The van der Waals surface area contributed by atoms with Gasteiger partial charge >= 0.3 is 5.97 Å². The van der Waals surface area contributed by atoms with E-state index >= 15 is 0 Å². The highest BCUT2D eigenvalue weighted by atomic mass is 16.5. The van der Waals surface area contributed by atoms with Gasteiger partial charge in [0, 0.05) is 13.1 Å². The van der Waals surface area contributed by atoms with E-state index in [0.29, 0.717) is 0 Å². The van der Waals surface area contributed by atoms with Gasteiger partial charge in [0.05, 0.1) is 7.11 Å². The van der Waals surface area contributed by atoms with Gasteiger partial charge in [-0.05, 0) is 24.0 Å². The summed E-state index contributed by atoms with van der Waals surface area (Å²) < 4.78 is 4.78. The smallest absolute Gasteiger partial charge is 0.323 e. The molecule has 1 atom stereocenters. The summed E-state index contributed by atoms with van der Waals surface area (Å²) >= 11 is 0. The predicted molar refractivity (Wildman–Crippen MR) is 66.7 cm³/mol. The van der Waals surface area contributed by atoms with Crippen molar-refractivity contribution in [3.63, 3.8) is 0 Å². The van der Waals surface area contributed by atoms with E-state index in [2.05, 4.69) is 36.1 Å². The molecule has 0 aromatic heterocycles. The first-order valence-electron chi connectivity index (χ1n) is 6.14. The van der Waals surface area contributed by atoms with Gasteiger partial charge in [0.15, 0.2) is 0 Å². The summed E-state index contributed by atoms with van der Waals surface area (Å²) in [7, 11) is 1.45. The fourth-order valence-electron chi connectivity index (χ4n) is 2.15. The van der Waals surface area contributed by atoms with E-state index in [1.165, 1.54) is 18.2 Å². The first-order chi connectivity index (χ1) is 8.24. The number of hydrogen-bond donors (Lipinski definition) is 0. The molecule has 0 amide bonds. The quantitative estimate of drug-likeness (QED) is 0.745. The lowest BCUT2D eigenvalue weighted by molar-refractivity contribution is -0.152. The van der Waals surface area contributed by atoms with Crippen LogP contribution in [0, 0.1) is 0 Å². The number of ether oxygens (including phenoxy) is 1. The SMILES string of the molecule is CCc1ccc(CN2CCC2C(=O)OC)cc1. The highest BCUT2D eigenvalue weighted by Gasteiger charge is 2.34. The molecule has 92 valence electrons. The van der Waals surface area contributed by atoms with Crippen LogP contribution in [-0.2, 0) is 22.5 Å². The summed E-state index contributed by atoms with van der Waals surface area (Å²) in [4.78, 5) is 13.6. The van der Waals surface area contributed by atoms with Gasteiger partial charge in [-0.1, -0.05) is 31.2 Å². The molecule has 17 heavy (non-hydrogen) atoms. The number of nitrogens with zero attached hydrogens (tertiary/aromatic N) is 1. The van der Waals surface area contributed by atoms with Crippen molar-refractivity contribution in [2.45, 2.75) is 32.4 Å². The average Bonchev–Trinajstić information content (AvgIpc) is 2.35. The minimum atomic E-state index is -0.110. The molecule has 0 aliphatic carbocycles. The van der Waals surface area contributed by atoms with E-state index in [1.807, 2.05) is 0 Å². The lowest BCUT2D eigenvalue weighted by atomic mass is 10.0. The summed E-state index contributed by atoms with van der Waals surface area (Å²) in [6.45, 7) is 3.97. The summed E-state index contributed by atoms with van der Waals surface area (Å²) in [6.07, 6.45) is 1.98. The average molecular weight is 233 g/mol. The molecular formula is C14H19NO2. The lowest BCUT2D eigenvalue weighted by Crippen LogP contribution is -2.52. The highest BCUT2D eigenvalue weighted by molar-refractivity contribution is 5.76. The number of esters is 1. The number of methoxy groups -OCH3 is 1. The van der Waals surface area contributed by atoms with Crippen LogP contribution in [0.2, 0.25) is 0 Å². The molecule has 1 unspecified atom stereocenters. The number of carbonyl (C=O) groups is 1. The van der Waals surface area contributed by atoms with Gasteiger partial charge in [0.25, 0.3) is 0 Å². The van der Waals surface area contributed by atoms with Crippen molar-refractivity contribution in [2.75, 3.05) is 13.7 Å². The Morgan fingerprint density at radius 2 is 2.00 bits per heavy atom. The first kappa shape index (κ1) is 12.1. The second kappa shape index (κ2) is 5.32. The Morgan fingerprint density at radius 1 is 1.35 bits per heavy atom. The first-order valence-corrected chi connectivity index (χ1v) is 6.14. The maximum Gasteiger partial charge on any atom is 0.323 e. The van der Waals surface area contributed by atoms with E-state index in [0.717, 1.165) is 25.9 Å². The third-order valence-electron chi connectivity index (χ3n) is 3.42. The number of aryl methyl sites for hydroxylation is 1. The molecule has 1 saturated heterocycles. The van der Waals surface area contributed by atoms with Gasteiger partial charge in [-0.15, -0.1) is 0 Å². The van der Waals surface area contributed by atoms with Crippen molar-refractivity contribution in [3.8, 4) is 0 Å². The molecule has 1 aromatic carbocycles. The highest BCUT2D eigenvalue weighted by Crippen LogP contribution is 2.21. The summed E-state index contributed by atoms with van der Waals surface area (Å²) in [6, 6.07) is 8.56. The lowest BCUT2D eigenvalue weighted by Gasteiger charge is -2.38. The normalized spacial score (nSPS) is 19.8. The van der Waals surface area contributed by atoms with E-state index in [4.69, 9.17) is 4.74 Å². The number of carbonyl (C=O) groups excluding carboxylic acids is 1. The maximum atomic E-state index is 11.4. The molecule has 1 aromatic rings. The van der Waals surface area contributed by atoms with Gasteiger partial charge in [-0.3, -0.25) is 9.69 Å². The Hall–Kier alpha value is -1.35. The van der Waals surface area contributed by atoms with Crippen LogP contribution in [0.15, 0.2) is 24.3 Å². The zero-order valence-corrected chi connectivity index (χ0v) is 10.5. The summed E-state index contributed by atoms with van der Waals surface area (Å²) in [5, 5.41) is 0. The zero-order valence-electron chi connectivity index (χ0n) is 10.5. The Balaban J connectivity index is 1.94. The Morgan fingerprint density at radius 3 is 2.47 bits per heavy atom. The van der Waals surface area contributed by atoms with Gasteiger partial charge in [0.2, 0.25) is 0 Å². The second-order valence-electron chi connectivity index (χ2n) is 4.47. The van der Waals surface area contributed by atoms with Gasteiger partial charge in [0.1, 0.15) is 6.04 Å². The van der Waals surface area contributed by atoms with Crippen molar-refractivity contribution >= 4 is 5.97 Å². The summed E-state index contributed by atoms with van der Waals surface area (Å²) in [5.74, 6) is -0.110. The Bertz CT molecular complexity index is 386. The molecule has 1 fully saturated rings. The molecule has 1 aliphatic rings. The van der Waals surface area contributed by atoms with E-state index < -0.39 is 0 Å². The van der Waals surface area contributed by atoms with E-state index in [9.17, 15) is 4.79 Å². The molecule has 0 spiro atoms. The van der Waals surface area contributed by atoms with E-state index in [1.54, 1.807) is 0 Å². The zero-order chi connectivity index (χ0) is 12.3. The fraction of sp³-hybridized carbons (Fsp3) is 0.500. The van der Waals surface area contributed by atoms with Crippen molar-refractivity contribution in [3.05, 3.63) is 35.4 Å². The molecular weight excluding hydrogens is 214 g/mol. The molecule has 3 heteroatoms. The van der Waals surface area contributed by atoms with Gasteiger partial charge in [-0.25, -0.2) is 0 Å². The largest absolute Gasteiger partial charge is 0.468 e. The topological polar surface area (TPSA) is 29.5 Å². The summed E-state index contributed by atoms with van der Waals surface area (Å²) in [5.41, 5.74) is 2.61. The number of hydrogen-bond acceptors (Lipinski definition) is 3. The Labute approximate surface area is 102 Å². The monoisotopic (exact) mass is 233 g/mol. The Kier molecular flexibility index (Phi) is 3.79. The predicted octanol–water partition coefficient (Wildman–Crippen LogP) is 2.00. The molecule has 3 nitrogen and oxygen atoms in total. The molecule has 1 heterocycles. The third kappa shape index (κ3) is 2.67. The van der Waals surface area contributed by atoms with Crippen molar-refractivity contribution in [2.24, 2.45) is 0 Å². The molecule has 1 aliphatic heterocycles. The van der Waals surface area contributed by atoms with Crippen molar-refractivity contribution < 1.29 is 9.53 Å². The molecule has 2 rings (SSSR count). The van der Waals surface area contributed by atoms with Gasteiger partial charge < -0.3 is 4.74 Å². The van der Waals surface area contributed by atoms with Crippen LogP contribution < -0.4 is 0 Å². The second-order valence-corrected chi connectivity index (χ2v) is 4.47. The van der Waals surface area contributed by atoms with Crippen molar-refractivity contribution in [1.29, 1.82) is 0 Å². The number of likely N-dealkylation sites (tertiary alicyclic amines) is 1. The molecule has 0 saturated carbocycles. The third-order valence-corrected chi connectivity index (χ3v) is 3.42. The number of benzene rings is 1. The van der Waals surface area contributed by atoms with Crippen molar-refractivity contribution in [1.82, 2.24) is 4.90 Å². The number of rotatable bonds is 4. The van der Waals surface area contributed by atoms with Crippen LogP contribution in [0.4, 0.5) is 0 Å². The molecule has 0 bridgehead atoms. The maximum absolute atomic E-state index is 11.4. The van der Waals surface area contributed by atoms with Crippen LogP contribution in [0.25, 0.3) is 0 Å². The van der Waals surface area contributed by atoms with Crippen LogP contribution in [0.3, 0.4) is 0 Å². The molecule has 0 N–H and O–H groups in total. The van der Waals surface area contributed by atoms with Crippen LogP contribution in [0.1, 0.15) is 24.5 Å². The minimum absolute atomic E-state index is 0.0362. The fourth-order valence-corrected chi connectivity index (χ4v) is 2.15. The van der Waals surface area contributed by atoms with Crippen LogP contribution in [0.5, 0.6) is 0 Å². The van der Waals surface area contributed by atoms with Crippen LogP contribution in [-0.4, -0.2) is 30.6 Å². The standard InChI is InChI=1S/C14H19NO2/c1-3-11-4-6-12(7-5-11)10-15-9-8-13(15)14(16)17-2/h4-7,13H,3,8-10H2,1-2H3. The van der Waals surface area contributed by atoms with E-state index in [-0.39, 0.29) is 12.0 Å². The van der Waals surface area contributed by atoms with Gasteiger partial charge in [-0.2, -0.15) is 0 Å². The minimum Gasteiger partial charge on any atom is -0.468 e. The van der Waals surface area contributed by atoms with Crippen LogP contribution >= 0.6 is 0 Å². The molecule has 0 radical (unpaired) electrons.